The van der Waals surface area contributed by atoms with Gasteiger partial charge in [-0.2, -0.15) is 0 Å². The number of rotatable bonds is 6. The maximum Gasteiger partial charge on any atom is 0.229 e. The molecule has 162 valence electrons. The fraction of sp³-hybridized carbons (Fsp3) is 0.400. The summed E-state index contributed by atoms with van der Waals surface area (Å²) < 4.78 is 0. The first-order valence-electron chi connectivity index (χ1n) is 11.0. The molecule has 3 amide bonds. The molecule has 0 spiro atoms. The third-order valence-electron chi connectivity index (χ3n) is 6.24. The molecule has 1 aliphatic carbocycles. The van der Waals surface area contributed by atoms with E-state index in [9.17, 15) is 14.4 Å². The van der Waals surface area contributed by atoms with Gasteiger partial charge in [0.05, 0.1) is 5.92 Å². The summed E-state index contributed by atoms with van der Waals surface area (Å²) in [5, 5.41) is 5.88. The maximum absolute atomic E-state index is 12.7. The second-order valence-electron chi connectivity index (χ2n) is 8.84. The largest absolute Gasteiger partial charge is 0.326 e. The van der Waals surface area contributed by atoms with Crippen LogP contribution in [-0.2, 0) is 14.4 Å². The molecule has 6 heteroatoms. The number of nitrogens with one attached hydrogen (secondary N) is 2. The number of anilines is 3. The zero-order valence-electron chi connectivity index (χ0n) is 18.1. The van der Waals surface area contributed by atoms with Gasteiger partial charge in [0, 0.05) is 35.9 Å². The minimum absolute atomic E-state index is 0.0388. The van der Waals surface area contributed by atoms with Gasteiger partial charge in [0.2, 0.25) is 17.7 Å². The van der Waals surface area contributed by atoms with E-state index in [-0.39, 0.29) is 30.1 Å². The molecular formula is C25H29N3O3. The molecule has 1 aliphatic heterocycles. The van der Waals surface area contributed by atoms with Gasteiger partial charge in [-0.3, -0.25) is 14.4 Å². The minimum Gasteiger partial charge on any atom is -0.326 e. The Kier molecular flexibility index (Phi) is 6.07. The number of hydrogen-bond acceptors (Lipinski definition) is 3. The zero-order chi connectivity index (χ0) is 22.0. The Bertz CT molecular complexity index is 980. The Labute approximate surface area is 183 Å². The summed E-state index contributed by atoms with van der Waals surface area (Å²) in [6.07, 6.45) is 3.15. The lowest BCUT2D eigenvalue weighted by molar-refractivity contribution is -0.122. The van der Waals surface area contributed by atoms with Gasteiger partial charge in [0.25, 0.3) is 0 Å². The highest BCUT2D eigenvalue weighted by molar-refractivity contribution is 6.04. The van der Waals surface area contributed by atoms with E-state index in [1.54, 1.807) is 11.0 Å². The van der Waals surface area contributed by atoms with Gasteiger partial charge < -0.3 is 15.5 Å². The third-order valence-corrected chi connectivity index (χ3v) is 6.24. The predicted molar refractivity (Wildman–Crippen MR) is 122 cm³/mol. The molecule has 2 aliphatic rings. The summed E-state index contributed by atoms with van der Waals surface area (Å²) in [7, 11) is 0. The Morgan fingerprint density at radius 3 is 2.26 bits per heavy atom. The molecule has 1 heterocycles. The van der Waals surface area contributed by atoms with Gasteiger partial charge in [-0.05, 0) is 54.7 Å². The van der Waals surface area contributed by atoms with E-state index < -0.39 is 5.92 Å². The average molecular weight is 420 g/mol. The quantitative estimate of drug-likeness (QED) is 0.721. The maximum atomic E-state index is 12.7. The molecule has 0 bridgehead atoms. The van der Waals surface area contributed by atoms with Crippen LogP contribution in [0.4, 0.5) is 17.1 Å². The van der Waals surface area contributed by atoms with Gasteiger partial charge in [-0.25, -0.2) is 0 Å². The standard InChI is InChI=1S/C25H29N3O3/c1-16(2)17-9-11-20(12-10-17)26-25(31)19-13-23(29)28(15-19)22-8-4-7-21(14-22)27-24(30)18-5-3-6-18/h4,7-12,14,16,18-19H,3,5-6,13,15H2,1-2H3,(H,26,31)(H,27,30). The van der Waals surface area contributed by atoms with Crippen molar-refractivity contribution in [2.75, 3.05) is 22.1 Å². The summed E-state index contributed by atoms with van der Waals surface area (Å²) in [5.74, 6) is -0.0810. The van der Waals surface area contributed by atoms with Crippen molar-refractivity contribution in [1.82, 2.24) is 0 Å². The van der Waals surface area contributed by atoms with Crippen molar-refractivity contribution >= 4 is 34.8 Å². The van der Waals surface area contributed by atoms with Crippen molar-refractivity contribution < 1.29 is 14.4 Å². The van der Waals surface area contributed by atoms with Gasteiger partial charge in [0.15, 0.2) is 0 Å². The molecule has 0 aromatic heterocycles. The van der Waals surface area contributed by atoms with Crippen LogP contribution in [0.5, 0.6) is 0 Å². The van der Waals surface area contributed by atoms with Crippen molar-refractivity contribution in [3.8, 4) is 0 Å². The van der Waals surface area contributed by atoms with Crippen LogP contribution >= 0.6 is 0 Å². The van der Waals surface area contributed by atoms with Crippen molar-refractivity contribution in [3.05, 3.63) is 54.1 Å². The predicted octanol–water partition coefficient (Wildman–Crippen LogP) is 4.54. The first-order valence-corrected chi connectivity index (χ1v) is 11.0. The summed E-state index contributed by atoms with van der Waals surface area (Å²) >= 11 is 0. The number of hydrogen-bond donors (Lipinski definition) is 2. The van der Waals surface area contributed by atoms with Gasteiger partial charge in [0.1, 0.15) is 0 Å². The van der Waals surface area contributed by atoms with Crippen LogP contribution in [0.25, 0.3) is 0 Å². The highest BCUT2D eigenvalue weighted by Gasteiger charge is 2.35. The van der Waals surface area contributed by atoms with Crippen LogP contribution in [-0.4, -0.2) is 24.3 Å². The van der Waals surface area contributed by atoms with Crippen molar-refractivity contribution in [1.29, 1.82) is 0 Å². The van der Waals surface area contributed by atoms with E-state index in [0.717, 1.165) is 24.9 Å². The Morgan fingerprint density at radius 2 is 1.61 bits per heavy atom. The van der Waals surface area contributed by atoms with Gasteiger partial charge in [-0.1, -0.05) is 38.5 Å². The van der Waals surface area contributed by atoms with E-state index >= 15 is 0 Å². The molecule has 1 unspecified atom stereocenters. The van der Waals surface area contributed by atoms with E-state index in [1.807, 2.05) is 42.5 Å². The number of carbonyl (C=O) groups is 3. The monoisotopic (exact) mass is 419 g/mol. The molecule has 1 saturated heterocycles. The molecular weight excluding hydrogens is 390 g/mol. The zero-order valence-corrected chi connectivity index (χ0v) is 18.1. The van der Waals surface area contributed by atoms with Gasteiger partial charge >= 0.3 is 0 Å². The molecule has 4 rings (SSSR count). The van der Waals surface area contributed by atoms with E-state index in [4.69, 9.17) is 0 Å². The van der Waals surface area contributed by atoms with Crippen LogP contribution in [0.2, 0.25) is 0 Å². The molecule has 2 fully saturated rings. The first kappa shape index (κ1) is 21.1. The lowest BCUT2D eigenvalue weighted by atomic mass is 9.85. The van der Waals surface area contributed by atoms with Gasteiger partial charge in [-0.15, -0.1) is 0 Å². The van der Waals surface area contributed by atoms with Crippen molar-refractivity contribution in [2.24, 2.45) is 11.8 Å². The topological polar surface area (TPSA) is 78.5 Å². The van der Waals surface area contributed by atoms with E-state index in [2.05, 4.69) is 24.5 Å². The summed E-state index contributed by atoms with van der Waals surface area (Å²) in [5.41, 5.74) is 3.33. The smallest absolute Gasteiger partial charge is 0.229 e. The van der Waals surface area contributed by atoms with Crippen LogP contribution in [0.3, 0.4) is 0 Å². The fourth-order valence-corrected chi connectivity index (χ4v) is 3.99. The average Bonchev–Trinajstić information content (AvgIpc) is 3.09. The van der Waals surface area contributed by atoms with Crippen molar-refractivity contribution in [2.45, 2.75) is 45.4 Å². The summed E-state index contributed by atoms with van der Waals surface area (Å²) in [6, 6.07) is 15.1. The van der Waals surface area contributed by atoms with Crippen LogP contribution in [0, 0.1) is 11.8 Å². The van der Waals surface area contributed by atoms with E-state index in [1.165, 1.54) is 5.56 Å². The molecule has 31 heavy (non-hydrogen) atoms. The molecule has 2 aromatic rings. The molecule has 1 atom stereocenters. The van der Waals surface area contributed by atoms with Crippen molar-refractivity contribution in [3.63, 3.8) is 0 Å². The number of carbonyl (C=O) groups excluding carboxylic acids is 3. The number of nitrogens with zero attached hydrogens (tertiary/aromatic N) is 1. The SMILES string of the molecule is CC(C)c1ccc(NC(=O)C2CC(=O)N(c3cccc(NC(=O)C4CCC4)c3)C2)cc1. The number of amides is 3. The fourth-order valence-electron chi connectivity index (χ4n) is 3.99. The van der Waals surface area contributed by atoms with Crippen LogP contribution in [0.1, 0.15) is 51.0 Å². The summed E-state index contributed by atoms with van der Waals surface area (Å²) in [4.78, 5) is 39.2. The Morgan fingerprint density at radius 1 is 0.935 bits per heavy atom. The molecule has 2 N–H and O–H groups in total. The molecule has 1 saturated carbocycles. The van der Waals surface area contributed by atoms with E-state index in [0.29, 0.717) is 23.8 Å². The van der Waals surface area contributed by atoms with Crippen LogP contribution < -0.4 is 15.5 Å². The first-order chi connectivity index (χ1) is 14.9. The Balaban J connectivity index is 1.39. The second kappa shape index (κ2) is 8.92. The highest BCUT2D eigenvalue weighted by Crippen LogP contribution is 2.30. The molecule has 0 radical (unpaired) electrons. The number of benzene rings is 2. The molecule has 2 aromatic carbocycles. The molecule has 6 nitrogen and oxygen atoms in total. The van der Waals surface area contributed by atoms with Crippen LogP contribution in [0.15, 0.2) is 48.5 Å². The minimum atomic E-state index is -0.412. The summed E-state index contributed by atoms with van der Waals surface area (Å²) in [6.45, 7) is 4.58. The second-order valence-corrected chi connectivity index (χ2v) is 8.84. The Hall–Kier alpha value is -3.15. The third kappa shape index (κ3) is 4.79. The normalized spacial score (nSPS) is 18.7. The lowest BCUT2D eigenvalue weighted by Crippen LogP contribution is -2.29. The highest BCUT2D eigenvalue weighted by atomic mass is 16.2. The lowest BCUT2D eigenvalue weighted by Gasteiger charge is -2.24.